The predicted octanol–water partition coefficient (Wildman–Crippen LogP) is 6.29. The maximum Gasteiger partial charge on any atom is 0.119 e. The van der Waals surface area contributed by atoms with Crippen LogP contribution in [0.1, 0.15) is 51.2 Å². The number of ether oxygens (including phenoxy) is 1. The first-order valence-electron chi connectivity index (χ1n) is 9.54. The van der Waals surface area contributed by atoms with Crippen LogP contribution >= 0.6 is 0 Å². The van der Waals surface area contributed by atoms with E-state index in [1.165, 1.54) is 43.2 Å². The maximum absolute atomic E-state index is 5.54. The van der Waals surface area contributed by atoms with Crippen LogP contribution < -0.4 is 4.74 Å². The minimum Gasteiger partial charge on any atom is -0.494 e. The van der Waals surface area contributed by atoms with Crippen molar-refractivity contribution in [1.82, 2.24) is 0 Å². The van der Waals surface area contributed by atoms with Crippen molar-refractivity contribution < 1.29 is 4.74 Å². The topological polar surface area (TPSA) is 9.23 Å². The van der Waals surface area contributed by atoms with E-state index < -0.39 is 0 Å². The normalized spacial score (nSPS) is 18.0. The van der Waals surface area contributed by atoms with Gasteiger partial charge < -0.3 is 4.74 Å². The lowest BCUT2D eigenvalue weighted by atomic mass is 9.78. The molecule has 128 valence electrons. The number of benzene rings is 2. The van der Waals surface area contributed by atoms with Gasteiger partial charge in [0.05, 0.1) is 6.61 Å². The summed E-state index contributed by atoms with van der Waals surface area (Å²) >= 11 is 0. The van der Waals surface area contributed by atoms with Crippen molar-refractivity contribution in [2.24, 2.45) is 11.8 Å². The number of aryl methyl sites for hydroxylation is 1. The Hall–Kier alpha value is -1.76. The third-order valence-corrected chi connectivity index (χ3v) is 5.47. The van der Waals surface area contributed by atoms with Gasteiger partial charge in [0.25, 0.3) is 0 Å². The molecule has 0 aliphatic heterocycles. The molecule has 2 unspecified atom stereocenters. The molecule has 1 heteroatoms. The highest BCUT2D eigenvalue weighted by atomic mass is 16.5. The van der Waals surface area contributed by atoms with Crippen LogP contribution in [0.2, 0.25) is 0 Å². The minimum atomic E-state index is 0.718. The van der Waals surface area contributed by atoms with Gasteiger partial charge in [-0.05, 0) is 78.8 Å². The monoisotopic (exact) mass is 322 g/mol. The van der Waals surface area contributed by atoms with Crippen molar-refractivity contribution in [3.63, 3.8) is 0 Å². The molecular formula is C23H30O. The van der Waals surface area contributed by atoms with Crippen LogP contribution in [-0.2, 0) is 12.8 Å². The van der Waals surface area contributed by atoms with Gasteiger partial charge in [0.1, 0.15) is 5.75 Å². The lowest BCUT2D eigenvalue weighted by molar-refractivity contribution is 0.340. The summed E-state index contributed by atoms with van der Waals surface area (Å²) in [6, 6.07) is 15.5. The Balaban J connectivity index is 1.73. The molecule has 3 rings (SSSR count). The number of rotatable bonds is 6. The van der Waals surface area contributed by atoms with E-state index >= 15 is 0 Å². The Morgan fingerprint density at radius 2 is 1.75 bits per heavy atom. The number of hydrogen-bond donors (Lipinski definition) is 0. The van der Waals surface area contributed by atoms with Crippen molar-refractivity contribution in [3.05, 3.63) is 53.6 Å². The van der Waals surface area contributed by atoms with Crippen LogP contribution in [0.5, 0.6) is 5.75 Å². The van der Waals surface area contributed by atoms with Crippen LogP contribution in [0.15, 0.2) is 42.5 Å². The molecule has 0 aromatic heterocycles. The Kier molecular flexibility index (Phi) is 5.60. The lowest BCUT2D eigenvalue weighted by Crippen LogP contribution is -2.16. The molecule has 0 saturated heterocycles. The van der Waals surface area contributed by atoms with Gasteiger partial charge in [0, 0.05) is 0 Å². The molecular weight excluding hydrogens is 292 g/mol. The Labute approximate surface area is 147 Å². The zero-order valence-electron chi connectivity index (χ0n) is 15.3. The lowest BCUT2D eigenvalue weighted by Gasteiger charge is -2.27. The van der Waals surface area contributed by atoms with Gasteiger partial charge in [0.15, 0.2) is 0 Å². The summed E-state index contributed by atoms with van der Waals surface area (Å²) in [7, 11) is 0. The molecule has 1 aliphatic carbocycles. The molecule has 1 aliphatic rings. The van der Waals surface area contributed by atoms with Gasteiger partial charge in [-0.1, -0.05) is 50.6 Å². The summed E-state index contributed by atoms with van der Waals surface area (Å²) in [5.41, 5.74) is 5.74. The second-order valence-electron chi connectivity index (χ2n) is 7.30. The fourth-order valence-corrected chi connectivity index (χ4v) is 3.86. The van der Waals surface area contributed by atoms with Crippen LogP contribution in [0.3, 0.4) is 0 Å². The Bertz CT molecular complexity index is 656. The van der Waals surface area contributed by atoms with Crippen molar-refractivity contribution >= 4 is 0 Å². The summed E-state index contributed by atoms with van der Waals surface area (Å²) in [4.78, 5) is 0. The molecule has 0 heterocycles. The Morgan fingerprint density at radius 3 is 2.46 bits per heavy atom. The average Bonchev–Trinajstić information content (AvgIpc) is 2.62. The summed E-state index contributed by atoms with van der Waals surface area (Å²) in [5.74, 6) is 2.69. The van der Waals surface area contributed by atoms with Crippen LogP contribution in [0.4, 0.5) is 0 Å². The highest BCUT2D eigenvalue weighted by Crippen LogP contribution is 2.33. The van der Waals surface area contributed by atoms with Crippen molar-refractivity contribution in [2.75, 3.05) is 6.61 Å². The van der Waals surface area contributed by atoms with E-state index in [4.69, 9.17) is 4.74 Å². The molecule has 24 heavy (non-hydrogen) atoms. The smallest absolute Gasteiger partial charge is 0.119 e. The van der Waals surface area contributed by atoms with Crippen molar-refractivity contribution in [1.29, 1.82) is 0 Å². The molecule has 0 spiro atoms. The summed E-state index contributed by atoms with van der Waals surface area (Å²) in [5, 5.41) is 0. The molecule has 2 aromatic carbocycles. The van der Waals surface area contributed by atoms with E-state index in [0.717, 1.165) is 24.2 Å². The van der Waals surface area contributed by atoms with E-state index in [9.17, 15) is 0 Å². The van der Waals surface area contributed by atoms with Gasteiger partial charge >= 0.3 is 0 Å². The van der Waals surface area contributed by atoms with Gasteiger partial charge in [-0.15, -0.1) is 0 Å². The molecule has 0 N–H and O–H groups in total. The summed E-state index contributed by atoms with van der Waals surface area (Å²) in [6.07, 6.45) is 6.55. The van der Waals surface area contributed by atoms with Crippen LogP contribution in [0.25, 0.3) is 11.1 Å². The zero-order chi connectivity index (χ0) is 16.9. The predicted molar refractivity (Wildman–Crippen MR) is 103 cm³/mol. The molecule has 0 fully saturated rings. The number of hydrogen-bond acceptors (Lipinski definition) is 1. The van der Waals surface area contributed by atoms with Crippen LogP contribution in [0, 0.1) is 11.8 Å². The molecule has 2 aromatic rings. The van der Waals surface area contributed by atoms with Gasteiger partial charge in [-0.25, -0.2) is 0 Å². The first-order chi connectivity index (χ1) is 11.7. The fourth-order valence-electron chi connectivity index (χ4n) is 3.86. The molecule has 0 saturated carbocycles. The van der Waals surface area contributed by atoms with Gasteiger partial charge in [0.2, 0.25) is 0 Å². The fraction of sp³-hybridized carbons (Fsp3) is 0.478. The molecule has 0 amide bonds. The standard InChI is InChI=1S/C23H30O/c1-4-17(3)14-18-6-7-22-16-21(9-8-20(22)15-18)19-10-12-23(13-11-19)24-5-2/h8-13,16-18H,4-7,14-15H2,1-3H3. The maximum atomic E-state index is 5.54. The van der Waals surface area contributed by atoms with E-state index in [-0.39, 0.29) is 0 Å². The van der Waals surface area contributed by atoms with Gasteiger partial charge in [-0.2, -0.15) is 0 Å². The minimum absolute atomic E-state index is 0.718. The highest BCUT2D eigenvalue weighted by molar-refractivity contribution is 5.65. The molecule has 0 radical (unpaired) electrons. The molecule has 1 nitrogen and oxygen atoms in total. The zero-order valence-corrected chi connectivity index (χ0v) is 15.3. The largest absolute Gasteiger partial charge is 0.494 e. The van der Waals surface area contributed by atoms with Crippen molar-refractivity contribution in [3.8, 4) is 16.9 Å². The summed E-state index contributed by atoms with van der Waals surface area (Å²) in [6.45, 7) is 7.44. The second-order valence-corrected chi connectivity index (χ2v) is 7.30. The number of fused-ring (bicyclic) bond motifs is 1. The second kappa shape index (κ2) is 7.88. The first-order valence-corrected chi connectivity index (χ1v) is 9.54. The third kappa shape index (κ3) is 4.01. The Morgan fingerprint density at radius 1 is 1.00 bits per heavy atom. The van der Waals surface area contributed by atoms with E-state index in [1.807, 2.05) is 6.92 Å². The molecule has 2 atom stereocenters. The highest BCUT2D eigenvalue weighted by Gasteiger charge is 2.20. The van der Waals surface area contributed by atoms with E-state index in [2.05, 4.69) is 56.3 Å². The SMILES string of the molecule is CCOc1ccc(-c2ccc3c(c2)CCC(CC(C)CC)C3)cc1. The molecule has 0 bridgehead atoms. The third-order valence-electron chi connectivity index (χ3n) is 5.47. The van der Waals surface area contributed by atoms with Crippen LogP contribution in [-0.4, -0.2) is 6.61 Å². The van der Waals surface area contributed by atoms with Gasteiger partial charge in [-0.3, -0.25) is 0 Å². The average molecular weight is 322 g/mol. The first kappa shape index (κ1) is 17.1. The quantitative estimate of drug-likeness (QED) is 0.607. The van der Waals surface area contributed by atoms with E-state index in [1.54, 1.807) is 11.1 Å². The van der Waals surface area contributed by atoms with E-state index in [0.29, 0.717) is 0 Å². The summed E-state index contributed by atoms with van der Waals surface area (Å²) < 4.78 is 5.54. The van der Waals surface area contributed by atoms with Crippen molar-refractivity contribution in [2.45, 2.75) is 52.9 Å².